The first-order valence-corrected chi connectivity index (χ1v) is 8.16. The lowest BCUT2D eigenvalue weighted by atomic mass is 10.3. The molecule has 24 heavy (non-hydrogen) atoms. The Morgan fingerprint density at radius 1 is 1.08 bits per heavy atom. The van der Waals surface area contributed by atoms with Gasteiger partial charge in [0.15, 0.2) is 5.13 Å². The zero-order chi connectivity index (χ0) is 17.1. The Hall–Kier alpha value is -2.51. The molecule has 0 bridgehead atoms. The molecule has 2 aromatic carbocycles. The van der Waals surface area contributed by atoms with Crippen LogP contribution in [0.3, 0.4) is 0 Å². The molecule has 0 saturated carbocycles. The van der Waals surface area contributed by atoms with Gasteiger partial charge >= 0.3 is 6.03 Å². The largest absolute Gasteiger partial charge is 0.495 e. The van der Waals surface area contributed by atoms with E-state index in [9.17, 15) is 4.79 Å². The summed E-state index contributed by atoms with van der Waals surface area (Å²) in [6.07, 6.45) is 0. The molecular weight excluding hydrogens is 350 g/mol. The van der Waals surface area contributed by atoms with Crippen molar-refractivity contribution in [2.24, 2.45) is 0 Å². The summed E-state index contributed by atoms with van der Waals surface area (Å²) in [6, 6.07) is 10.2. The number of rotatable bonds is 4. The average molecular weight is 364 g/mol. The smallest absolute Gasteiger partial charge is 0.325 e. The van der Waals surface area contributed by atoms with Crippen molar-refractivity contribution >= 4 is 50.0 Å². The molecule has 1 heterocycles. The molecular formula is C16H14ClN3O3S. The van der Waals surface area contributed by atoms with Crippen molar-refractivity contribution in [2.45, 2.75) is 0 Å². The monoisotopic (exact) mass is 363 g/mol. The summed E-state index contributed by atoms with van der Waals surface area (Å²) in [5, 5.41) is 6.40. The van der Waals surface area contributed by atoms with Gasteiger partial charge < -0.3 is 14.8 Å². The van der Waals surface area contributed by atoms with Gasteiger partial charge in [0.1, 0.15) is 17.0 Å². The predicted octanol–water partition coefficient (Wildman–Crippen LogP) is 4.61. The molecule has 0 aliphatic heterocycles. The number of hydrogen-bond acceptors (Lipinski definition) is 5. The van der Waals surface area contributed by atoms with Gasteiger partial charge in [-0.3, -0.25) is 5.32 Å². The molecule has 2 amide bonds. The van der Waals surface area contributed by atoms with Gasteiger partial charge in [-0.1, -0.05) is 35.1 Å². The molecule has 0 spiro atoms. The van der Waals surface area contributed by atoms with Crippen LogP contribution < -0.4 is 20.1 Å². The van der Waals surface area contributed by atoms with Gasteiger partial charge in [-0.05, 0) is 24.3 Å². The minimum atomic E-state index is -0.423. The van der Waals surface area contributed by atoms with E-state index in [0.717, 1.165) is 4.70 Å². The van der Waals surface area contributed by atoms with Gasteiger partial charge in [0.2, 0.25) is 0 Å². The Kier molecular flexibility index (Phi) is 4.73. The molecule has 3 aromatic rings. The van der Waals surface area contributed by atoms with E-state index >= 15 is 0 Å². The number of carbonyl (C=O) groups excluding carboxylic acids is 1. The van der Waals surface area contributed by atoms with E-state index < -0.39 is 6.03 Å². The molecule has 0 aliphatic rings. The molecule has 0 fully saturated rings. The number of urea groups is 1. The molecule has 8 heteroatoms. The highest BCUT2D eigenvalue weighted by atomic mass is 35.5. The molecule has 3 rings (SSSR count). The standard InChI is InChI=1S/C16H14ClN3O3S/c1-22-11-6-4-3-5-10(11)18-15(21)20-16-19-13-12(23-2)8-7-9(17)14(13)24-16/h3-8H,1-2H3,(H2,18,19,20,21). The van der Waals surface area contributed by atoms with Crippen molar-refractivity contribution in [3.63, 3.8) is 0 Å². The van der Waals surface area contributed by atoms with Gasteiger partial charge in [-0.15, -0.1) is 0 Å². The van der Waals surface area contributed by atoms with Crippen LogP contribution in [-0.2, 0) is 0 Å². The Labute approximate surface area is 147 Å². The Morgan fingerprint density at radius 3 is 2.58 bits per heavy atom. The topological polar surface area (TPSA) is 72.5 Å². The van der Waals surface area contributed by atoms with Crippen LogP contribution in [-0.4, -0.2) is 25.2 Å². The number of aromatic nitrogens is 1. The molecule has 124 valence electrons. The van der Waals surface area contributed by atoms with Crippen molar-refractivity contribution in [3.8, 4) is 11.5 Å². The Morgan fingerprint density at radius 2 is 1.83 bits per heavy atom. The van der Waals surface area contributed by atoms with Gasteiger partial charge in [-0.2, -0.15) is 0 Å². The fourth-order valence-electron chi connectivity index (χ4n) is 2.17. The van der Waals surface area contributed by atoms with Crippen molar-refractivity contribution in [2.75, 3.05) is 24.9 Å². The van der Waals surface area contributed by atoms with Crippen LogP contribution in [0.15, 0.2) is 36.4 Å². The molecule has 0 radical (unpaired) electrons. The molecule has 0 aliphatic carbocycles. The minimum Gasteiger partial charge on any atom is -0.495 e. The molecule has 6 nitrogen and oxygen atoms in total. The van der Waals surface area contributed by atoms with Gasteiger partial charge in [0.05, 0.1) is 29.6 Å². The lowest BCUT2D eigenvalue weighted by Gasteiger charge is -2.09. The van der Waals surface area contributed by atoms with Crippen LogP contribution in [0.1, 0.15) is 0 Å². The number of nitrogens with zero attached hydrogens (tertiary/aromatic N) is 1. The molecule has 0 atom stereocenters. The summed E-state index contributed by atoms with van der Waals surface area (Å²) in [5.74, 6) is 1.17. The van der Waals surface area contributed by atoms with Crippen molar-refractivity contribution in [1.82, 2.24) is 4.98 Å². The van der Waals surface area contributed by atoms with Crippen molar-refractivity contribution < 1.29 is 14.3 Å². The third kappa shape index (κ3) is 3.22. The van der Waals surface area contributed by atoms with Crippen LogP contribution in [0, 0.1) is 0 Å². The van der Waals surface area contributed by atoms with E-state index in [2.05, 4.69) is 15.6 Å². The molecule has 1 aromatic heterocycles. The first-order chi connectivity index (χ1) is 11.6. The fraction of sp³-hybridized carbons (Fsp3) is 0.125. The molecule has 0 saturated heterocycles. The van der Waals surface area contributed by atoms with E-state index in [1.165, 1.54) is 11.3 Å². The number of methoxy groups -OCH3 is 2. The highest BCUT2D eigenvalue weighted by Gasteiger charge is 2.14. The van der Waals surface area contributed by atoms with Gasteiger partial charge in [-0.25, -0.2) is 9.78 Å². The minimum absolute atomic E-state index is 0.420. The fourth-order valence-corrected chi connectivity index (χ4v) is 3.32. The number of nitrogens with one attached hydrogen (secondary N) is 2. The predicted molar refractivity (Wildman–Crippen MR) is 96.8 cm³/mol. The number of thiazole rings is 1. The molecule has 2 N–H and O–H groups in total. The van der Waals surface area contributed by atoms with Crippen LogP contribution in [0.25, 0.3) is 10.2 Å². The van der Waals surface area contributed by atoms with Gasteiger partial charge in [0, 0.05) is 0 Å². The number of anilines is 2. The highest BCUT2D eigenvalue weighted by Crippen LogP contribution is 2.37. The summed E-state index contributed by atoms with van der Waals surface area (Å²) in [4.78, 5) is 16.6. The number of amides is 2. The summed E-state index contributed by atoms with van der Waals surface area (Å²) in [5.41, 5.74) is 1.18. The van der Waals surface area contributed by atoms with Crippen LogP contribution in [0.2, 0.25) is 5.02 Å². The zero-order valence-corrected chi connectivity index (χ0v) is 14.5. The number of benzene rings is 2. The van der Waals surface area contributed by atoms with E-state index in [1.807, 2.05) is 6.07 Å². The second-order valence-electron chi connectivity index (χ2n) is 4.73. The maximum Gasteiger partial charge on any atom is 0.325 e. The third-order valence-electron chi connectivity index (χ3n) is 3.25. The van der Waals surface area contributed by atoms with Crippen LogP contribution >= 0.6 is 22.9 Å². The maximum absolute atomic E-state index is 12.2. The second kappa shape index (κ2) is 6.94. The van der Waals surface area contributed by atoms with E-state index in [4.69, 9.17) is 21.1 Å². The summed E-state index contributed by atoms with van der Waals surface area (Å²) >= 11 is 7.45. The zero-order valence-electron chi connectivity index (χ0n) is 12.9. The van der Waals surface area contributed by atoms with E-state index in [0.29, 0.717) is 32.9 Å². The number of carbonyl (C=O) groups is 1. The summed E-state index contributed by atoms with van der Waals surface area (Å²) in [7, 11) is 3.10. The third-order valence-corrected chi connectivity index (χ3v) is 4.69. The number of ether oxygens (including phenoxy) is 2. The summed E-state index contributed by atoms with van der Waals surface area (Å²) < 4.78 is 11.2. The van der Waals surface area contributed by atoms with E-state index in [1.54, 1.807) is 44.6 Å². The molecule has 0 unspecified atom stereocenters. The highest BCUT2D eigenvalue weighted by molar-refractivity contribution is 7.23. The first kappa shape index (κ1) is 16.4. The lowest BCUT2D eigenvalue weighted by Crippen LogP contribution is -2.19. The quantitative estimate of drug-likeness (QED) is 0.709. The number of para-hydroxylation sites is 2. The second-order valence-corrected chi connectivity index (χ2v) is 6.13. The maximum atomic E-state index is 12.2. The van der Waals surface area contributed by atoms with Gasteiger partial charge in [0.25, 0.3) is 0 Å². The van der Waals surface area contributed by atoms with Crippen molar-refractivity contribution in [3.05, 3.63) is 41.4 Å². The lowest BCUT2D eigenvalue weighted by molar-refractivity contribution is 0.262. The number of fused-ring (bicyclic) bond motifs is 1. The van der Waals surface area contributed by atoms with Crippen molar-refractivity contribution in [1.29, 1.82) is 0 Å². The number of halogens is 1. The summed E-state index contributed by atoms with van der Waals surface area (Å²) in [6.45, 7) is 0. The van der Waals surface area contributed by atoms with E-state index in [-0.39, 0.29) is 0 Å². The number of hydrogen-bond donors (Lipinski definition) is 2. The Balaban J connectivity index is 1.82. The Bertz CT molecular complexity index is 897. The van der Waals surface area contributed by atoms with Crippen LogP contribution in [0.4, 0.5) is 15.6 Å². The average Bonchev–Trinajstić information content (AvgIpc) is 3.00. The van der Waals surface area contributed by atoms with Crippen LogP contribution in [0.5, 0.6) is 11.5 Å². The SMILES string of the molecule is COc1ccccc1NC(=O)Nc1nc2c(OC)ccc(Cl)c2s1. The normalized spacial score (nSPS) is 10.5. The first-order valence-electron chi connectivity index (χ1n) is 6.96.